The minimum atomic E-state index is -0.807. The Labute approximate surface area is 368 Å². The van der Waals surface area contributed by atoms with E-state index in [1.807, 2.05) is 60.8 Å². The second-order valence-corrected chi connectivity index (χ2v) is 15.5. The predicted molar refractivity (Wildman–Crippen MR) is 256 cm³/mol. The fourth-order valence-corrected chi connectivity index (χ4v) is 6.03. The molecule has 0 aliphatic heterocycles. The van der Waals surface area contributed by atoms with E-state index in [-0.39, 0.29) is 31.1 Å². The van der Waals surface area contributed by atoms with Crippen LogP contribution in [0.1, 0.15) is 194 Å². The van der Waals surface area contributed by atoms with Crippen LogP contribution in [-0.4, -0.2) is 37.2 Å². The topological polar surface area (TPSA) is 78.9 Å². The molecule has 60 heavy (non-hydrogen) atoms. The largest absolute Gasteiger partial charge is 0.462 e. The zero-order valence-corrected chi connectivity index (χ0v) is 38.4. The molecule has 0 heterocycles. The number of rotatable bonds is 41. The Balaban J connectivity index is 4.52. The number of allylic oxidation sites excluding steroid dienone is 18. The van der Waals surface area contributed by atoms with E-state index < -0.39 is 6.10 Å². The maximum atomic E-state index is 12.8. The number of carbonyl (C=O) groups excluding carboxylic acids is 3. The van der Waals surface area contributed by atoms with Gasteiger partial charge in [-0.15, -0.1) is 0 Å². The second kappa shape index (κ2) is 47.7. The number of hydrogen-bond donors (Lipinski definition) is 0. The lowest BCUT2D eigenvalue weighted by Gasteiger charge is -2.18. The lowest BCUT2D eigenvalue weighted by atomic mass is 10.1. The molecule has 0 amide bonds. The Hall–Kier alpha value is -3.93. The number of esters is 3. The van der Waals surface area contributed by atoms with E-state index >= 15 is 0 Å². The first-order valence-electron chi connectivity index (χ1n) is 24.0. The van der Waals surface area contributed by atoms with Gasteiger partial charge in [-0.25, -0.2) is 0 Å². The number of unbranched alkanes of at least 4 members (excludes halogenated alkanes) is 18. The van der Waals surface area contributed by atoms with E-state index in [2.05, 4.69) is 69.4 Å². The highest BCUT2D eigenvalue weighted by Crippen LogP contribution is 2.12. The SMILES string of the molecule is CC\C=C/C=C\C=C/C=C\C=C\C=C/CCCCCC(=O)OCC(COC(=O)CCCCCC/C=C\CCCC)OC(=O)CCCCCCCC/C=C\C=C/CCCCC. The van der Waals surface area contributed by atoms with Crippen LogP contribution in [0.3, 0.4) is 0 Å². The van der Waals surface area contributed by atoms with Gasteiger partial charge in [0, 0.05) is 19.3 Å². The van der Waals surface area contributed by atoms with Crippen LogP contribution in [-0.2, 0) is 28.6 Å². The van der Waals surface area contributed by atoms with Crippen molar-refractivity contribution in [2.45, 2.75) is 200 Å². The molecule has 0 saturated heterocycles. The molecule has 0 aromatic heterocycles. The summed E-state index contributed by atoms with van der Waals surface area (Å²) in [6.07, 6.45) is 63.5. The Morgan fingerprint density at radius 1 is 0.350 bits per heavy atom. The first-order chi connectivity index (χ1) is 29.5. The van der Waals surface area contributed by atoms with Crippen molar-refractivity contribution in [2.24, 2.45) is 0 Å². The summed E-state index contributed by atoms with van der Waals surface area (Å²) in [5.41, 5.74) is 0. The van der Waals surface area contributed by atoms with Crippen LogP contribution in [0.5, 0.6) is 0 Å². The van der Waals surface area contributed by atoms with Crippen LogP contribution in [0.15, 0.2) is 109 Å². The molecule has 0 N–H and O–H groups in total. The van der Waals surface area contributed by atoms with E-state index in [0.29, 0.717) is 19.3 Å². The third-order valence-electron chi connectivity index (χ3n) is 9.67. The van der Waals surface area contributed by atoms with Crippen LogP contribution in [0.25, 0.3) is 0 Å². The molecule has 0 saturated carbocycles. The second-order valence-electron chi connectivity index (χ2n) is 15.5. The summed E-state index contributed by atoms with van der Waals surface area (Å²) >= 11 is 0. The smallest absolute Gasteiger partial charge is 0.306 e. The minimum Gasteiger partial charge on any atom is -0.462 e. The molecule has 0 aromatic carbocycles. The van der Waals surface area contributed by atoms with Crippen LogP contribution >= 0.6 is 0 Å². The molecule has 1 unspecified atom stereocenters. The molecule has 1 atom stereocenters. The summed E-state index contributed by atoms with van der Waals surface area (Å²) < 4.78 is 16.7. The lowest BCUT2D eigenvalue weighted by Crippen LogP contribution is -2.30. The first-order valence-corrected chi connectivity index (χ1v) is 24.0. The summed E-state index contributed by atoms with van der Waals surface area (Å²) in [5, 5.41) is 0. The molecule has 0 aromatic rings. The Morgan fingerprint density at radius 3 is 1.15 bits per heavy atom. The van der Waals surface area contributed by atoms with Gasteiger partial charge in [0.1, 0.15) is 13.2 Å². The van der Waals surface area contributed by atoms with E-state index in [0.717, 1.165) is 109 Å². The molecule has 0 bridgehead atoms. The van der Waals surface area contributed by atoms with Crippen LogP contribution in [0, 0.1) is 0 Å². The van der Waals surface area contributed by atoms with Gasteiger partial charge >= 0.3 is 17.9 Å². The standard InChI is InChI=1S/C54H86O6/c1-4-7-10-13-16-19-22-24-26-27-29-30-32-35-38-41-44-47-53(56)59-50-51(49-58-52(55)46-43-40-37-34-21-18-15-12-9-6-3)60-54(57)48-45-42-39-36-33-31-28-25-23-20-17-14-11-8-5-2/h7,10,13,15-20,22-27,29-30,32,51H,4-6,8-9,11-12,14,21,28,31,33-50H2,1-3H3/b10-7-,16-13-,18-15-,20-17-,22-19-,25-23-,26-24-,29-27+,32-30-. The molecule has 0 aliphatic rings. The first kappa shape index (κ1) is 56.1. The predicted octanol–water partition coefficient (Wildman–Crippen LogP) is 15.6. The summed E-state index contributed by atoms with van der Waals surface area (Å²) in [4.78, 5) is 37.8. The third kappa shape index (κ3) is 45.2. The van der Waals surface area contributed by atoms with Gasteiger partial charge in [-0.2, -0.15) is 0 Å². The molecule has 0 aliphatic carbocycles. The molecule has 0 rings (SSSR count). The lowest BCUT2D eigenvalue weighted by molar-refractivity contribution is -0.167. The van der Waals surface area contributed by atoms with Crippen LogP contribution in [0.2, 0.25) is 0 Å². The van der Waals surface area contributed by atoms with Gasteiger partial charge in [0.15, 0.2) is 6.10 Å². The van der Waals surface area contributed by atoms with Gasteiger partial charge in [-0.3, -0.25) is 14.4 Å². The summed E-state index contributed by atoms with van der Waals surface area (Å²) in [6, 6.07) is 0. The van der Waals surface area contributed by atoms with Gasteiger partial charge in [-0.1, -0.05) is 201 Å². The molecule has 0 fully saturated rings. The van der Waals surface area contributed by atoms with Crippen LogP contribution in [0.4, 0.5) is 0 Å². The average molecular weight is 831 g/mol. The van der Waals surface area contributed by atoms with Crippen molar-refractivity contribution in [3.05, 3.63) is 109 Å². The quantitative estimate of drug-likeness (QED) is 0.0201. The van der Waals surface area contributed by atoms with Crippen molar-refractivity contribution in [1.29, 1.82) is 0 Å². The normalized spacial score (nSPS) is 13.1. The summed E-state index contributed by atoms with van der Waals surface area (Å²) in [5.74, 6) is -0.985. The van der Waals surface area contributed by atoms with Crippen molar-refractivity contribution in [3.63, 3.8) is 0 Å². The van der Waals surface area contributed by atoms with Crippen LogP contribution < -0.4 is 0 Å². The van der Waals surface area contributed by atoms with Crippen molar-refractivity contribution >= 4 is 17.9 Å². The van der Waals surface area contributed by atoms with E-state index in [1.54, 1.807) is 0 Å². The Bertz CT molecular complexity index is 1280. The average Bonchev–Trinajstić information content (AvgIpc) is 3.24. The van der Waals surface area contributed by atoms with Gasteiger partial charge in [-0.05, 0) is 83.5 Å². The van der Waals surface area contributed by atoms with Gasteiger partial charge in [0.2, 0.25) is 0 Å². The van der Waals surface area contributed by atoms with Crippen molar-refractivity contribution in [2.75, 3.05) is 13.2 Å². The fourth-order valence-electron chi connectivity index (χ4n) is 6.03. The molecular weight excluding hydrogens is 745 g/mol. The molecule has 0 spiro atoms. The zero-order chi connectivity index (χ0) is 43.7. The highest BCUT2D eigenvalue weighted by atomic mass is 16.6. The maximum absolute atomic E-state index is 12.8. The molecule has 0 radical (unpaired) electrons. The van der Waals surface area contributed by atoms with E-state index in [1.165, 1.54) is 44.9 Å². The highest BCUT2D eigenvalue weighted by Gasteiger charge is 2.19. The van der Waals surface area contributed by atoms with Crippen molar-refractivity contribution in [3.8, 4) is 0 Å². The van der Waals surface area contributed by atoms with Gasteiger partial charge < -0.3 is 14.2 Å². The fraction of sp³-hybridized carbons (Fsp3) is 0.611. The van der Waals surface area contributed by atoms with E-state index in [9.17, 15) is 14.4 Å². The molecule has 6 heteroatoms. The number of ether oxygens (including phenoxy) is 3. The van der Waals surface area contributed by atoms with Crippen molar-refractivity contribution in [1.82, 2.24) is 0 Å². The summed E-state index contributed by atoms with van der Waals surface area (Å²) in [6.45, 7) is 6.33. The molecule has 338 valence electrons. The zero-order valence-electron chi connectivity index (χ0n) is 38.4. The van der Waals surface area contributed by atoms with Crippen molar-refractivity contribution < 1.29 is 28.6 Å². The monoisotopic (exact) mass is 831 g/mol. The molecular formula is C54H86O6. The Morgan fingerprint density at radius 2 is 0.683 bits per heavy atom. The summed E-state index contributed by atoms with van der Waals surface area (Å²) in [7, 11) is 0. The van der Waals surface area contributed by atoms with Gasteiger partial charge in [0.25, 0.3) is 0 Å². The highest BCUT2D eigenvalue weighted by molar-refractivity contribution is 5.71. The number of carbonyl (C=O) groups is 3. The number of hydrogen-bond acceptors (Lipinski definition) is 6. The molecule has 6 nitrogen and oxygen atoms in total. The minimum absolute atomic E-state index is 0.106. The third-order valence-corrected chi connectivity index (χ3v) is 9.67. The Kier molecular flexibility index (Phi) is 44.6. The van der Waals surface area contributed by atoms with E-state index in [4.69, 9.17) is 14.2 Å². The maximum Gasteiger partial charge on any atom is 0.306 e. The van der Waals surface area contributed by atoms with Gasteiger partial charge in [0.05, 0.1) is 0 Å².